The SMILES string of the molecule is Cc1c(C#N)cccc1C(C)Nc1nnc(C)c2ccc(N3CC4CC(C3)O4)cc12.O=CO. The molecule has 3 fully saturated rings. The van der Waals surface area contributed by atoms with Crippen molar-refractivity contribution in [3.05, 3.63) is 58.8 Å². The van der Waals surface area contributed by atoms with Gasteiger partial charge in [0.2, 0.25) is 0 Å². The summed E-state index contributed by atoms with van der Waals surface area (Å²) in [6.07, 6.45) is 1.91. The van der Waals surface area contributed by atoms with Crippen LogP contribution in [0.3, 0.4) is 0 Å². The normalized spacial score (nSPS) is 19.5. The Balaban J connectivity index is 0.000000821. The first-order valence-electron chi connectivity index (χ1n) is 11.0. The van der Waals surface area contributed by atoms with Crippen molar-refractivity contribution >= 4 is 28.7 Å². The molecule has 3 unspecified atom stereocenters. The number of nitriles is 1. The van der Waals surface area contributed by atoms with E-state index in [1.807, 2.05) is 26.0 Å². The third kappa shape index (κ3) is 4.45. The molecule has 2 N–H and O–H groups in total. The number of fused-ring (bicyclic) bond motifs is 3. The van der Waals surface area contributed by atoms with Gasteiger partial charge in [-0.15, -0.1) is 5.10 Å². The van der Waals surface area contributed by atoms with Crippen molar-refractivity contribution in [2.75, 3.05) is 23.3 Å². The average molecular weight is 446 g/mol. The Bertz CT molecular complexity index is 1210. The number of rotatable bonds is 4. The highest BCUT2D eigenvalue weighted by Crippen LogP contribution is 2.35. The number of aryl methyl sites for hydroxylation is 1. The number of piperidine rings is 1. The average Bonchev–Trinajstić information content (AvgIpc) is 2.81. The molecule has 0 amide bonds. The van der Waals surface area contributed by atoms with Crippen LogP contribution in [0.1, 0.15) is 41.8 Å². The number of anilines is 2. The van der Waals surface area contributed by atoms with E-state index in [1.165, 1.54) is 12.1 Å². The fourth-order valence-electron chi connectivity index (χ4n) is 4.67. The molecule has 3 aliphatic rings. The topological polar surface area (TPSA) is 111 Å². The maximum absolute atomic E-state index is 9.36. The summed E-state index contributed by atoms with van der Waals surface area (Å²) in [5.74, 6) is 0.769. The molecule has 0 radical (unpaired) electrons. The number of carboxylic acid groups (broad SMARTS) is 1. The predicted molar refractivity (Wildman–Crippen MR) is 126 cm³/mol. The Morgan fingerprint density at radius 1 is 1.21 bits per heavy atom. The third-order valence-electron chi connectivity index (χ3n) is 6.39. The summed E-state index contributed by atoms with van der Waals surface area (Å²) in [5.41, 5.74) is 4.91. The molecule has 3 aliphatic heterocycles. The molecular weight excluding hydrogens is 418 g/mol. The molecule has 0 aliphatic carbocycles. The smallest absolute Gasteiger partial charge is 0.290 e. The second-order valence-electron chi connectivity index (χ2n) is 8.49. The third-order valence-corrected chi connectivity index (χ3v) is 6.39. The summed E-state index contributed by atoms with van der Waals surface area (Å²) < 4.78 is 5.79. The fourth-order valence-corrected chi connectivity index (χ4v) is 4.67. The summed E-state index contributed by atoms with van der Waals surface area (Å²) >= 11 is 0. The molecule has 33 heavy (non-hydrogen) atoms. The molecule has 4 heterocycles. The minimum Gasteiger partial charge on any atom is -0.483 e. The van der Waals surface area contributed by atoms with Gasteiger partial charge in [-0.25, -0.2) is 0 Å². The van der Waals surface area contributed by atoms with Crippen LogP contribution in [-0.4, -0.2) is 47.1 Å². The van der Waals surface area contributed by atoms with Gasteiger partial charge in [0.05, 0.1) is 35.6 Å². The lowest BCUT2D eigenvalue weighted by Gasteiger charge is -2.48. The van der Waals surface area contributed by atoms with E-state index >= 15 is 0 Å². The van der Waals surface area contributed by atoms with Crippen LogP contribution in [0.2, 0.25) is 0 Å². The van der Waals surface area contributed by atoms with E-state index in [-0.39, 0.29) is 12.5 Å². The van der Waals surface area contributed by atoms with Crippen LogP contribution in [0.25, 0.3) is 10.8 Å². The number of benzene rings is 2. The number of nitrogens with one attached hydrogen (secondary N) is 1. The predicted octanol–water partition coefficient (Wildman–Crippen LogP) is 3.97. The summed E-state index contributed by atoms with van der Waals surface area (Å²) in [5, 5.41) is 30.8. The molecular formula is C25H27N5O3. The number of hydrogen-bond donors (Lipinski definition) is 2. The molecule has 0 spiro atoms. The van der Waals surface area contributed by atoms with Crippen molar-refractivity contribution in [2.24, 2.45) is 0 Å². The van der Waals surface area contributed by atoms with Crippen LogP contribution in [0, 0.1) is 25.2 Å². The Morgan fingerprint density at radius 2 is 1.91 bits per heavy atom. The molecule has 0 saturated carbocycles. The van der Waals surface area contributed by atoms with Crippen LogP contribution in [0.4, 0.5) is 11.5 Å². The highest BCUT2D eigenvalue weighted by Gasteiger charge is 2.38. The molecule has 8 heteroatoms. The van der Waals surface area contributed by atoms with Crippen molar-refractivity contribution in [3.8, 4) is 6.07 Å². The van der Waals surface area contributed by atoms with Crippen LogP contribution in [0.15, 0.2) is 36.4 Å². The number of hydrogen-bond acceptors (Lipinski definition) is 7. The van der Waals surface area contributed by atoms with Crippen LogP contribution < -0.4 is 10.2 Å². The molecule has 8 nitrogen and oxygen atoms in total. The Hall–Kier alpha value is -3.70. The quantitative estimate of drug-likeness (QED) is 0.580. The number of carbonyl (C=O) groups is 1. The van der Waals surface area contributed by atoms with Gasteiger partial charge in [-0.2, -0.15) is 10.4 Å². The fraction of sp³-hybridized carbons (Fsp3) is 0.360. The van der Waals surface area contributed by atoms with Crippen molar-refractivity contribution in [2.45, 2.75) is 45.4 Å². The van der Waals surface area contributed by atoms with Crippen LogP contribution in [0.5, 0.6) is 0 Å². The first-order valence-corrected chi connectivity index (χ1v) is 11.0. The van der Waals surface area contributed by atoms with E-state index in [1.54, 1.807) is 0 Å². The molecule has 3 atom stereocenters. The number of nitrogens with zero attached hydrogens (tertiary/aromatic N) is 4. The van der Waals surface area contributed by atoms with E-state index in [2.05, 4.69) is 57.7 Å². The van der Waals surface area contributed by atoms with Gasteiger partial charge < -0.3 is 20.1 Å². The molecule has 3 aromatic rings. The molecule has 3 saturated heterocycles. The van der Waals surface area contributed by atoms with Gasteiger partial charge in [-0.05, 0) is 50.1 Å². The van der Waals surface area contributed by atoms with Gasteiger partial charge >= 0.3 is 0 Å². The van der Waals surface area contributed by atoms with Crippen molar-refractivity contribution in [1.82, 2.24) is 10.2 Å². The molecule has 6 rings (SSSR count). The number of aromatic nitrogens is 2. The van der Waals surface area contributed by atoms with E-state index in [4.69, 9.17) is 14.6 Å². The lowest BCUT2D eigenvalue weighted by Crippen LogP contribution is -2.57. The first kappa shape index (κ1) is 22.5. The second kappa shape index (κ2) is 9.43. The monoisotopic (exact) mass is 445 g/mol. The van der Waals surface area contributed by atoms with E-state index in [0.717, 1.165) is 46.5 Å². The van der Waals surface area contributed by atoms with Crippen LogP contribution in [-0.2, 0) is 9.53 Å². The second-order valence-corrected chi connectivity index (χ2v) is 8.49. The van der Waals surface area contributed by atoms with Gasteiger partial charge in [0.1, 0.15) is 0 Å². The van der Waals surface area contributed by atoms with Gasteiger partial charge in [0, 0.05) is 36.0 Å². The number of ether oxygens (including phenoxy) is 1. The summed E-state index contributed by atoms with van der Waals surface area (Å²) in [4.78, 5) is 10.8. The summed E-state index contributed by atoms with van der Waals surface area (Å²) in [7, 11) is 0. The minimum absolute atomic E-state index is 0.00167. The Morgan fingerprint density at radius 3 is 2.58 bits per heavy atom. The zero-order valence-electron chi connectivity index (χ0n) is 18.9. The van der Waals surface area contributed by atoms with E-state index < -0.39 is 0 Å². The standard InChI is InChI=1S/C24H25N5O.CH2O2/c1-14-17(11-25)5-4-6-21(14)15(2)26-24-23-9-18(7-8-22(23)16(3)27-28-24)29-12-19-10-20(13-29)30-19;2-1-3/h4-9,15,19-20H,10,12-13H2,1-3H3,(H,26,28);1H,(H,2,3). The van der Waals surface area contributed by atoms with Crippen molar-refractivity contribution in [3.63, 3.8) is 0 Å². The van der Waals surface area contributed by atoms with E-state index in [9.17, 15) is 5.26 Å². The highest BCUT2D eigenvalue weighted by molar-refractivity contribution is 5.95. The summed E-state index contributed by atoms with van der Waals surface area (Å²) in [6.45, 7) is 7.72. The molecule has 2 bridgehead atoms. The highest BCUT2D eigenvalue weighted by atomic mass is 16.5. The zero-order chi connectivity index (χ0) is 23.5. The van der Waals surface area contributed by atoms with Gasteiger partial charge in [-0.1, -0.05) is 18.2 Å². The van der Waals surface area contributed by atoms with Gasteiger partial charge in [0.15, 0.2) is 5.82 Å². The lowest BCUT2D eigenvalue weighted by molar-refractivity contribution is -0.133. The maximum atomic E-state index is 9.36. The minimum atomic E-state index is -0.250. The lowest BCUT2D eigenvalue weighted by atomic mass is 9.97. The van der Waals surface area contributed by atoms with Gasteiger partial charge in [-0.3, -0.25) is 4.79 Å². The van der Waals surface area contributed by atoms with E-state index in [0.29, 0.717) is 17.8 Å². The van der Waals surface area contributed by atoms with Crippen molar-refractivity contribution < 1.29 is 14.6 Å². The summed E-state index contributed by atoms with van der Waals surface area (Å²) in [6, 6.07) is 14.7. The molecule has 2 aromatic carbocycles. The van der Waals surface area contributed by atoms with Crippen molar-refractivity contribution in [1.29, 1.82) is 5.26 Å². The Kier molecular flexibility index (Phi) is 6.43. The first-order chi connectivity index (χ1) is 15.9. The van der Waals surface area contributed by atoms with Gasteiger partial charge in [0.25, 0.3) is 6.47 Å². The number of morpholine rings is 1. The van der Waals surface area contributed by atoms with Crippen LogP contribution >= 0.6 is 0 Å². The maximum Gasteiger partial charge on any atom is 0.290 e. The Labute approximate surface area is 192 Å². The largest absolute Gasteiger partial charge is 0.483 e. The molecule has 170 valence electrons. The molecule has 1 aromatic heterocycles. The zero-order valence-corrected chi connectivity index (χ0v) is 18.9.